The number of amides is 3. The summed E-state index contributed by atoms with van der Waals surface area (Å²) >= 11 is 0. The number of hydrogen-bond acceptors (Lipinski definition) is 9. The van der Waals surface area contributed by atoms with Crippen molar-refractivity contribution in [1.29, 1.82) is 0 Å². The predicted molar refractivity (Wildman–Crippen MR) is 183 cm³/mol. The van der Waals surface area contributed by atoms with Crippen molar-refractivity contribution in [2.75, 3.05) is 6.54 Å². The highest BCUT2D eigenvalue weighted by Gasteiger charge is 2.46. The summed E-state index contributed by atoms with van der Waals surface area (Å²) in [6.07, 6.45) is 3.80. The third-order valence-corrected chi connectivity index (χ3v) is 10.1. The Hall–Kier alpha value is -4.06. The fraction of sp³-hybridized carbons (Fsp3) is 0.622. The molecule has 12 nitrogen and oxygen atoms in total. The summed E-state index contributed by atoms with van der Waals surface area (Å²) in [4.78, 5) is 71.7. The number of aryl methyl sites for hydroxylation is 1. The van der Waals surface area contributed by atoms with E-state index in [9.17, 15) is 24.0 Å². The average Bonchev–Trinajstić information content (AvgIpc) is 3.09. The normalized spacial score (nSPS) is 29.0. The summed E-state index contributed by atoms with van der Waals surface area (Å²) in [5, 5.41) is 8.15. The number of nitrogens with one attached hydrogen (secondary N) is 3. The number of aromatic nitrogens is 1. The van der Waals surface area contributed by atoms with Crippen LogP contribution in [0.4, 0.5) is 0 Å². The van der Waals surface area contributed by atoms with E-state index in [2.05, 4.69) is 16.1 Å². The van der Waals surface area contributed by atoms with Gasteiger partial charge in [0.25, 0.3) is 11.8 Å². The second-order valence-corrected chi connectivity index (χ2v) is 14.3. The van der Waals surface area contributed by atoms with Crippen LogP contribution < -0.4 is 16.1 Å². The number of esters is 2. The molecule has 1 aromatic heterocycles. The maximum Gasteiger partial charge on any atom is 0.312 e. The average molecular weight is 678 g/mol. The van der Waals surface area contributed by atoms with E-state index in [0.717, 1.165) is 16.5 Å². The Balaban J connectivity index is 1.46. The Labute approximate surface area is 288 Å². The summed E-state index contributed by atoms with van der Waals surface area (Å²) in [6.45, 7) is 9.38. The van der Waals surface area contributed by atoms with Crippen LogP contribution in [0.25, 0.3) is 10.9 Å². The van der Waals surface area contributed by atoms with Crippen molar-refractivity contribution < 1.29 is 33.4 Å². The zero-order chi connectivity index (χ0) is 35.3. The molecule has 0 unspecified atom stereocenters. The molecule has 2 aromatic rings. The van der Waals surface area contributed by atoms with Gasteiger partial charge in [-0.3, -0.25) is 34.0 Å². The molecule has 1 spiro atoms. The Kier molecular flexibility index (Phi) is 11.6. The van der Waals surface area contributed by atoms with E-state index in [1.54, 1.807) is 20.8 Å². The van der Waals surface area contributed by atoms with Crippen molar-refractivity contribution in [1.82, 2.24) is 26.1 Å². The SMILES string of the molecule is CCCC(=O)OC1CCC2(CCc3ccc4ccc(nc4c3)[C@@H](C)NC(=O)[C@@H]3CCCN(N3)C(=O)[C@H](C)NC(=O)[C@H](C(C)C)OC2=O)CC1. The Morgan fingerprint density at radius 2 is 1.71 bits per heavy atom. The second-order valence-electron chi connectivity index (χ2n) is 14.3. The number of pyridine rings is 1. The van der Waals surface area contributed by atoms with Gasteiger partial charge in [-0.25, -0.2) is 5.43 Å². The first-order chi connectivity index (χ1) is 23.4. The summed E-state index contributed by atoms with van der Waals surface area (Å²) in [7, 11) is 0. The Bertz CT molecular complexity index is 1550. The van der Waals surface area contributed by atoms with Crippen molar-refractivity contribution in [3.63, 3.8) is 0 Å². The Morgan fingerprint density at radius 3 is 2.43 bits per heavy atom. The van der Waals surface area contributed by atoms with Crippen molar-refractivity contribution in [2.24, 2.45) is 11.3 Å². The number of carbonyl (C=O) groups excluding carboxylic acids is 5. The van der Waals surface area contributed by atoms with Gasteiger partial charge in [0.2, 0.25) is 5.91 Å². The standard InChI is InChI=1S/C37H51N5O7/c1-6-8-31(43)48-27-15-18-37(19-16-27)17-14-25-10-11-26-12-13-28(40-30(26)21-25)23(4)38-33(44)29-9-7-20-42(41-29)35(46)24(5)39-34(45)32(22(2)3)49-36(37)47/h10-13,21-24,27,29,32,41H,6-9,14-20H2,1-5H3,(H,38,44)(H,39,45)/t23-,24+,27?,29+,32+,37?/m1/s1. The van der Waals surface area contributed by atoms with Crippen LogP contribution in [0.1, 0.15) is 110 Å². The van der Waals surface area contributed by atoms with Crippen LogP contribution in [0, 0.1) is 11.3 Å². The molecule has 3 N–H and O–H groups in total. The zero-order valence-electron chi connectivity index (χ0n) is 29.4. The molecule has 2 aliphatic heterocycles. The minimum Gasteiger partial charge on any atom is -0.462 e. The number of rotatable bonds is 4. The van der Waals surface area contributed by atoms with E-state index in [1.165, 1.54) is 5.01 Å². The number of hydrogen-bond donors (Lipinski definition) is 3. The van der Waals surface area contributed by atoms with Gasteiger partial charge < -0.3 is 20.1 Å². The maximum absolute atomic E-state index is 14.2. The molecular formula is C37H51N5O7. The lowest BCUT2D eigenvalue weighted by Crippen LogP contribution is -2.61. The molecule has 5 bridgehead atoms. The third-order valence-electron chi connectivity index (χ3n) is 10.1. The molecule has 1 aromatic carbocycles. The molecular weight excluding hydrogens is 626 g/mol. The molecule has 1 aliphatic carbocycles. The van der Waals surface area contributed by atoms with Gasteiger partial charge in [-0.1, -0.05) is 39.0 Å². The smallest absolute Gasteiger partial charge is 0.312 e. The monoisotopic (exact) mass is 677 g/mol. The fourth-order valence-electron chi connectivity index (χ4n) is 7.07. The molecule has 3 aliphatic rings. The lowest BCUT2D eigenvalue weighted by molar-refractivity contribution is -0.174. The topological polar surface area (TPSA) is 156 Å². The molecule has 3 heterocycles. The second kappa shape index (κ2) is 15.7. The van der Waals surface area contributed by atoms with Crippen LogP contribution >= 0.6 is 0 Å². The predicted octanol–water partition coefficient (Wildman–Crippen LogP) is 4.20. The first kappa shape index (κ1) is 36.2. The van der Waals surface area contributed by atoms with Crippen molar-refractivity contribution in [2.45, 2.75) is 129 Å². The van der Waals surface area contributed by atoms with Crippen LogP contribution in [-0.2, 0) is 39.9 Å². The van der Waals surface area contributed by atoms with E-state index in [-0.39, 0.29) is 29.9 Å². The van der Waals surface area contributed by atoms with Crippen LogP contribution in [0.3, 0.4) is 0 Å². The molecule has 5 rings (SSSR count). The molecule has 3 amide bonds. The minimum atomic E-state index is -1.12. The van der Waals surface area contributed by atoms with E-state index < -0.39 is 41.4 Å². The highest BCUT2D eigenvalue weighted by molar-refractivity contribution is 5.91. The van der Waals surface area contributed by atoms with Crippen LogP contribution in [0.5, 0.6) is 0 Å². The largest absolute Gasteiger partial charge is 0.462 e. The van der Waals surface area contributed by atoms with E-state index in [1.807, 2.05) is 44.2 Å². The maximum atomic E-state index is 14.2. The van der Waals surface area contributed by atoms with E-state index in [0.29, 0.717) is 76.4 Å². The van der Waals surface area contributed by atoms with Gasteiger partial charge in [0.15, 0.2) is 6.10 Å². The van der Waals surface area contributed by atoms with Crippen LogP contribution in [0.15, 0.2) is 30.3 Å². The van der Waals surface area contributed by atoms with Crippen LogP contribution in [-0.4, -0.2) is 70.5 Å². The molecule has 1 saturated carbocycles. The van der Waals surface area contributed by atoms with Gasteiger partial charge in [0.05, 0.1) is 22.7 Å². The number of ether oxygens (including phenoxy) is 2. The molecule has 266 valence electrons. The quantitative estimate of drug-likeness (QED) is 0.404. The van der Waals surface area contributed by atoms with Crippen molar-refractivity contribution >= 4 is 40.6 Å². The lowest BCUT2D eigenvalue weighted by atomic mass is 9.69. The van der Waals surface area contributed by atoms with Gasteiger partial charge in [0.1, 0.15) is 18.2 Å². The minimum absolute atomic E-state index is 0.231. The third kappa shape index (κ3) is 8.57. The Morgan fingerprint density at radius 1 is 1.00 bits per heavy atom. The molecule has 12 heteroatoms. The summed E-state index contributed by atoms with van der Waals surface area (Å²) in [6, 6.07) is 8.00. The fourth-order valence-corrected chi connectivity index (χ4v) is 7.07. The molecule has 49 heavy (non-hydrogen) atoms. The summed E-state index contributed by atoms with van der Waals surface area (Å²) in [5.74, 6) is -2.23. The van der Waals surface area contributed by atoms with Crippen molar-refractivity contribution in [3.8, 4) is 0 Å². The first-order valence-electron chi connectivity index (χ1n) is 17.9. The highest BCUT2D eigenvalue weighted by Crippen LogP contribution is 2.43. The van der Waals surface area contributed by atoms with Gasteiger partial charge >= 0.3 is 11.9 Å². The number of fused-ring (bicyclic) bond motifs is 4. The van der Waals surface area contributed by atoms with Gasteiger partial charge in [-0.2, -0.15) is 0 Å². The molecule has 0 radical (unpaired) electrons. The van der Waals surface area contributed by atoms with Gasteiger partial charge in [-0.05, 0) is 95.2 Å². The molecule has 1 saturated heterocycles. The van der Waals surface area contributed by atoms with Crippen molar-refractivity contribution in [3.05, 3.63) is 41.6 Å². The summed E-state index contributed by atoms with van der Waals surface area (Å²) in [5.41, 5.74) is 4.64. The van der Waals surface area contributed by atoms with E-state index in [4.69, 9.17) is 14.5 Å². The molecule has 2 fully saturated rings. The highest BCUT2D eigenvalue weighted by atomic mass is 16.6. The first-order valence-corrected chi connectivity index (χ1v) is 17.9. The van der Waals surface area contributed by atoms with Gasteiger partial charge in [0, 0.05) is 18.4 Å². The molecule has 4 atom stereocenters. The van der Waals surface area contributed by atoms with Gasteiger partial charge in [-0.15, -0.1) is 0 Å². The number of cyclic esters (lactones) is 1. The van der Waals surface area contributed by atoms with E-state index >= 15 is 0 Å². The summed E-state index contributed by atoms with van der Waals surface area (Å²) < 4.78 is 11.8. The number of hydrazine groups is 1. The zero-order valence-corrected chi connectivity index (χ0v) is 29.4. The number of carbonyl (C=O) groups is 5. The number of benzene rings is 1. The number of nitrogens with zero attached hydrogens (tertiary/aromatic N) is 2. The van der Waals surface area contributed by atoms with Crippen LogP contribution in [0.2, 0.25) is 0 Å². The lowest BCUT2D eigenvalue weighted by Gasteiger charge is -2.39.